The van der Waals surface area contributed by atoms with Crippen molar-refractivity contribution in [1.82, 2.24) is 14.7 Å². The molecule has 4 rings (SSSR count). The number of anilines is 1. The second-order valence-corrected chi connectivity index (χ2v) is 7.52. The molecule has 1 fully saturated rings. The molecule has 1 saturated heterocycles. The van der Waals surface area contributed by atoms with Gasteiger partial charge in [-0.15, -0.1) is 0 Å². The Morgan fingerprint density at radius 2 is 1.79 bits per heavy atom. The van der Waals surface area contributed by atoms with Crippen LogP contribution < -0.4 is 4.90 Å². The van der Waals surface area contributed by atoms with E-state index in [4.69, 9.17) is 0 Å². The summed E-state index contributed by atoms with van der Waals surface area (Å²) in [5.41, 5.74) is 4.37. The van der Waals surface area contributed by atoms with Crippen LogP contribution in [0.5, 0.6) is 0 Å². The predicted octanol–water partition coefficient (Wildman–Crippen LogP) is 4.19. The van der Waals surface area contributed by atoms with E-state index in [1.165, 1.54) is 30.7 Å². The van der Waals surface area contributed by atoms with Crippen LogP contribution in [0.1, 0.15) is 34.5 Å². The van der Waals surface area contributed by atoms with Gasteiger partial charge in [0.1, 0.15) is 5.82 Å². The first-order chi connectivity index (χ1) is 14.0. The number of hydrogen-bond donors (Lipinski definition) is 0. The van der Waals surface area contributed by atoms with E-state index >= 15 is 0 Å². The van der Waals surface area contributed by atoms with Crippen LogP contribution in [0.25, 0.3) is 5.69 Å². The molecule has 1 amide bonds. The molecule has 150 valence electrons. The van der Waals surface area contributed by atoms with Crippen molar-refractivity contribution in [2.24, 2.45) is 0 Å². The van der Waals surface area contributed by atoms with Gasteiger partial charge in [-0.2, -0.15) is 5.10 Å². The average Bonchev–Trinajstić information content (AvgIpc) is 3.39. The molecule has 0 spiro atoms. The summed E-state index contributed by atoms with van der Waals surface area (Å²) in [6.45, 7) is 4.53. The topological polar surface area (TPSA) is 41.4 Å². The van der Waals surface area contributed by atoms with Gasteiger partial charge in [-0.25, -0.2) is 9.07 Å². The lowest BCUT2D eigenvalue weighted by atomic mass is 10.1. The number of halogens is 1. The summed E-state index contributed by atoms with van der Waals surface area (Å²) < 4.78 is 14.9. The third kappa shape index (κ3) is 3.88. The Kier molecular flexibility index (Phi) is 5.34. The summed E-state index contributed by atoms with van der Waals surface area (Å²) in [5.74, 6) is -0.377. The van der Waals surface area contributed by atoms with E-state index in [0.717, 1.165) is 30.0 Å². The summed E-state index contributed by atoms with van der Waals surface area (Å²) in [7, 11) is 1.82. The third-order valence-corrected chi connectivity index (χ3v) is 5.50. The molecule has 0 aliphatic carbocycles. The predicted molar refractivity (Wildman–Crippen MR) is 112 cm³/mol. The van der Waals surface area contributed by atoms with Crippen molar-refractivity contribution in [3.8, 4) is 5.69 Å². The molecular weight excluding hydrogens is 367 g/mol. The highest BCUT2D eigenvalue weighted by atomic mass is 19.1. The number of amides is 1. The molecule has 2 heterocycles. The monoisotopic (exact) mass is 392 g/mol. The molecule has 0 saturated carbocycles. The molecule has 1 aliphatic rings. The van der Waals surface area contributed by atoms with Gasteiger partial charge in [0.2, 0.25) is 0 Å². The molecule has 0 atom stereocenters. The van der Waals surface area contributed by atoms with E-state index in [-0.39, 0.29) is 11.7 Å². The molecule has 29 heavy (non-hydrogen) atoms. The maximum absolute atomic E-state index is 13.2. The molecule has 6 heteroatoms. The summed E-state index contributed by atoms with van der Waals surface area (Å²) in [6, 6.07) is 14.4. The summed E-state index contributed by atoms with van der Waals surface area (Å²) in [5, 5.41) is 4.35. The molecule has 0 N–H and O–H groups in total. The van der Waals surface area contributed by atoms with Crippen LogP contribution in [0.2, 0.25) is 0 Å². The Hall–Kier alpha value is -3.15. The average molecular weight is 392 g/mol. The van der Waals surface area contributed by atoms with Gasteiger partial charge in [0.05, 0.1) is 23.1 Å². The first-order valence-corrected chi connectivity index (χ1v) is 9.93. The molecule has 5 nitrogen and oxygen atoms in total. The Morgan fingerprint density at radius 1 is 1.10 bits per heavy atom. The van der Waals surface area contributed by atoms with Crippen molar-refractivity contribution in [2.45, 2.75) is 26.3 Å². The Balaban J connectivity index is 1.54. The number of nitrogens with zero attached hydrogens (tertiary/aromatic N) is 4. The molecule has 2 aromatic carbocycles. The molecule has 3 aromatic rings. The smallest absolute Gasteiger partial charge is 0.257 e. The zero-order valence-corrected chi connectivity index (χ0v) is 16.8. The fourth-order valence-corrected chi connectivity index (χ4v) is 3.91. The Morgan fingerprint density at radius 3 is 2.52 bits per heavy atom. The van der Waals surface area contributed by atoms with Crippen LogP contribution in [0, 0.1) is 12.7 Å². The van der Waals surface area contributed by atoms with Crippen molar-refractivity contribution in [3.05, 3.63) is 77.4 Å². The van der Waals surface area contributed by atoms with Gasteiger partial charge in [-0.1, -0.05) is 18.2 Å². The highest BCUT2D eigenvalue weighted by Gasteiger charge is 2.21. The molecule has 1 aromatic heterocycles. The normalized spacial score (nSPS) is 13.7. The van der Waals surface area contributed by atoms with Crippen LogP contribution in [-0.2, 0) is 6.54 Å². The molecule has 1 aliphatic heterocycles. The number of carbonyl (C=O) groups excluding carboxylic acids is 1. The van der Waals surface area contributed by atoms with Gasteiger partial charge in [0.15, 0.2) is 0 Å². The summed E-state index contributed by atoms with van der Waals surface area (Å²) in [4.78, 5) is 17.2. The van der Waals surface area contributed by atoms with Gasteiger partial charge >= 0.3 is 0 Å². The van der Waals surface area contributed by atoms with Crippen molar-refractivity contribution in [1.29, 1.82) is 0 Å². The van der Waals surface area contributed by atoms with Crippen molar-refractivity contribution >= 4 is 11.6 Å². The van der Waals surface area contributed by atoms with E-state index in [2.05, 4.69) is 28.2 Å². The van der Waals surface area contributed by atoms with Gasteiger partial charge in [-0.3, -0.25) is 4.79 Å². The van der Waals surface area contributed by atoms with Gasteiger partial charge < -0.3 is 9.80 Å². The number of rotatable bonds is 5. The highest BCUT2D eigenvalue weighted by Crippen LogP contribution is 2.26. The van der Waals surface area contributed by atoms with E-state index in [1.54, 1.807) is 27.9 Å². The minimum atomic E-state index is -0.300. The van der Waals surface area contributed by atoms with Crippen LogP contribution in [0.15, 0.2) is 54.7 Å². The molecular formula is C23H25FN4O. The Labute approximate surface area is 170 Å². The van der Waals surface area contributed by atoms with Gasteiger partial charge in [-0.05, 0) is 55.7 Å². The van der Waals surface area contributed by atoms with Crippen LogP contribution >= 0.6 is 0 Å². The van der Waals surface area contributed by atoms with E-state index in [0.29, 0.717) is 12.1 Å². The third-order valence-electron chi connectivity index (χ3n) is 5.50. The minimum absolute atomic E-state index is 0.0768. The fraction of sp³-hybridized carbons (Fsp3) is 0.304. The fourth-order valence-electron chi connectivity index (χ4n) is 3.91. The van der Waals surface area contributed by atoms with E-state index in [1.807, 2.05) is 20.0 Å². The van der Waals surface area contributed by atoms with Crippen molar-refractivity contribution in [3.63, 3.8) is 0 Å². The SMILES string of the molecule is Cc1c(C(=O)N(C)Cc2ccccc2N2CCCC2)cnn1-c1ccc(F)cc1. The van der Waals surface area contributed by atoms with Crippen molar-refractivity contribution in [2.75, 3.05) is 25.0 Å². The number of hydrogen-bond acceptors (Lipinski definition) is 3. The number of aromatic nitrogens is 2. The summed E-state index contributed by atoms with van der Waals surface area (Å²) >= 11 is 0. The second kappa shape index (κ2) is 8.07. The number of para-hydroxylation sites is 1. The maximum Gasteiger partial charge on any atom is 0.257 e. The molecule has 0 radical (unpaired) electrons. The van der Waals surface area contributed by atoms with E-state index in [9.17, 15) is 9.18 Å². The largest absolute Gasteiger partial charge is 0.371 e. The number of carbonyl (C=O) groups is 1. The highest BCUT2D eigenvalue weighted by molar-refractivity contribution is 5.95. The minimum Gasteiger partial charge on any atom is -0.371 e. The summed E-state index contributed by atoms with van der Waals surface area (Å²) in [6.07, 6.45) is 4.01. The quantitative estimate of drug-likeness (QED) is 0.654. The lowest BCUT2D eigenvalue weighted by Crippen LogP contribution is -2.28. The lowest BCUT2D eigenvalue weighted by molar-refractivity contribution is 0.0784. The standard InChI is InChI=1S/C23H25FN4O/c1-17-21(15-25-28(17)20-11-9-19(24)10-12-20)23(29)26(2)16-18-7-3-4-8-22(18)27-13-5-6-14-27/h3-4,7-12,15H,5-6,13-14,16H2,1-2H3. The number of benzene rings is 2. The molecule has 0 unspecified atom stereocenters. The Bertz CT molecular complexity index is 1010. The lowest BCUT2D eigenvalue weighted by Gasteiger charge is -2.24. The maximum atomic E-state index is 13.2. The van der Waals surface area contributed by atoms with E-state index < -0.39 is 0 Å². The first kappa shape index (κ1) is 19.2. The first-order valence-electron chi connectivity index (χ1n) is 9.93. The molecule has 0 bridgehead atoms. The van der Waals surface area contributed by atoms with Crippen molar-refractivity contribution < 1.29 is 9.18 Å². The van der Waals surface area contributed by atoms with Crippen LogP contribution in [0.4, 0.5) is 10.1 Å². The van der Waals surface area contributed by atoms with Gasteiger partial charge in [0, 0.05) is 32.4 Å². The zero-order chi connectivity index (χ0) is 20.4. The second-order valence-electron chi connectivity index (χ2n) is 7.52. The zero-order valence-electron chi connectivity index (χ0n) is 16.8. The van der Waals surface area contributed by atoms with Gasteiger partial charge in [0.25, 0.3) is 5.91 Å². The van der Waals surface area contributed by atoms with Crippen LogP contribution in [0.3, 0.4) is 0 Å². The van der Waals surface area contributed by atoms with Crippen LogP contribution in [-0.4, -0.2) is 40.7 Å².